The SMILES string of the molecule is Cc1csc(=O)n1CC(=O)OCc1nc(N)nc(Nc2ccc(F)cc2)n1. The van der Waals surface area contributed by atoms with Gasteiger partial charge in [-0.15, -0.1) is 0 Å². The van der Waals surface area contributed by atoms with Crippen molar-refractivity contribution in [2.45, 2.75) is 20.1 Å². The highest BCUT2D eigenvalue weighted by molar-refractivity contribution is 7.07. The molecule has 0 radical (unpaired) electrons. The van der Waals surface area contributed by atoms with Crippen LogP contribution in [0.1, 0.15) is 11.5 Å². The first-order chi connectivity index (χ1) is 12.9. The standard InChI is InChI=1S/C16H15FN6O3S/c1-9-8-27-16(25)23(9)6-13(24)26-7-12-20-14(18)22-15(21-12)19-11-4-2-10(17)3-5-11/h2-5,8H,6-7H2,1H3,(H3,18,19,20,21,22). The van der Waals surface area contributed by atoms with Gasteiger partial charge in [-0.2, -0.15) is 15.0 Å². The number of nitrogen functional groups attached to an aromatic ring is 1. The lowest BCUT2D eigenvalue weighted by Gasteiger charge is -2.08. The summed E-state index contributed by atoms with van der Waals surface area (Å²) in [6.45, 7) is 1.29. The van der Waals surface area contributed by atoms with Crippen LogP contribution in [-0.4, -0.2) is 25.5 Å². The molecule has 0 unspecified atom stereocenters. The Morgan fingerprint density at radius 1 is 1.30 bits per heavy atom. The van der Waals surface area contributed by atoms with Crippen LogP contribution in [-0.2, 0) is 22.7 Å². The summed E-state index contributed by atoms with van der Waals surface area (Å²) in [5.41, 5.74) is 6.88. The van der Waals surface area contributed by atoms with Crippen molar-refractivity contribution in [1.29, 1.82) is 0 Å². The van der Waals surface area contributed by atoms with Crippen molar-refractivity contribution < 1.29 is 13.9 Å². The lowest BCUT2D eigenvalue weighted by molar-refractivity contribution is -0.146. The fourth-order valence-electron chi connectivity index (χ4n) is 2.14. The Kier molecular flexibility index (Phi) is 5.41. The summed E-state index contributed by atoms with van der Waals surface area (Å²) in [7, 11) is 0. The summed E-state index contributed by atoms with van der Waals surface area (Å²) in [6.07, 6.45) is 0. The Hall–Kier alpha value is -3.34. The third-order valence-corrected chi connectivity index (χ3v) is 4.31. The molecule has 0 aliphatic carbocycles. The Balaban J connectivity index is 1.64. The molecule has 140 valence electrons. The monoisotopic (exact) mass is 390 g/mol. The third-order valence-electron chi connectivity index (χ3n) is 3.43. The topological polar surface area (TPSA) is 125 Å². The molecule has 0 fully saturated rings. The maximum Gasteiger partial charge on any atom is 0.326 e. The van der Waals surface area contributed by atoms with Crippen molar-refractivity contribution in [2.24, 2.45) is 0 Å². The number of nitrogens with one attached hydrogen (secondary N) is 1. The van der Waals surface area contributed by atoms with Gasteiger partial charge in [-0.1, -0.05) is 11.3 Å². The number of halogens is 1. The van der Waals surface area contributed by atoms with Gasteiger partial charge in [0.25, 0.3) is 0 Å². The molecule has 0 atom stereocenters. The normalized spacial score (nSPS) is 10.6. The van der Waals surface area contributed by atoms with Crippen LogP contribution in [0, 0.1) is 12.7 Å². The van der Waals surface area contributed by atoms with Crippen molar-refractivity contribution in [2.75, 3.05) is 11.1 Å². The predicted octanol–water partition coefficient (Wildman–Crippen LogP) is 1.61. The van der Waals surface area contributed by atoms with E-state index in [0.717, 1.165) is 11.3 Å². The summed E-state index contributed by atoms with van der Waals surface area (Å²) in [6, 6.07) is 5.58. The third kappa shape index (κ3) is 4.85. The number of nitrogens with zero attached hydrogens (tertiary/aromatic N) is 4. The van der Waals surface area contributed by atoms with Gasteiger partial charge in [0.2, 0.25) is 11.9 Å². The van der Waals surface area contributed by atoms with Crippen LogP contribution >= 0.6 is 11.3 Å². The highest BCUT2D eigenvalue weighted by Gasteiger charge is 2.12. The molecule has 2 aromatic heterocycles. The lowest BCUT2D eigenvalue weighted by atomic mass is 10.3. The molecule has 0 amide bonds. The second-order valence-electron chi connectivity index (χ2n) is 5.46. The summed E-state index contributed by atoms with van der Waals surface area (Å²) in [5.74, 6) is -0.778. The van der Waals surface area contributed by atoms with E-state index < -0.39 is 5.97 Å². The summed E-state index contributed by atoms with van der Waals surface area (Å²) >= 11 is 1.01. The molecule has 1 aromatic carbocycles. The number of benzene rings is 1. The van der Waals surface area contributed by atoms with Crippen molar-refractivity contribution in [3.05, 3.63) is 56.6 Å². The number of esters is 1. The van der Waals surface area contributed by atoms with Gasteiger partial charge < -0.3 is 15.8 Å². The first-order valence-electron chi connectivity index (χ1n) is 7.74. The maximum absolute atomic E-state index is 13.0. The molecular weight excluding hydrogens is 375 g/mol. The number of aryl methyl sites for hydroxylation is 1. The molecule has 11 heteroatoms. The number of aromatic nitrogens is 4. The van der Waals surface area contributed by atoms with E-state index in [0.29, 0.717) is 11.4 Å². The molecule has 2 heterocycles. The van der Waals surface area contributed by atoms with Gasteiger partial charge in [-0.05, 0) is 31.2 Å². The average Bonchev–Trinajstić information content (AvgIpc) is 2.93. The molecule has 0 bridgehead atoms. The number of carbonyl (C=O) groups is 1. The van der Waals surface area contributed by atoms with Gasteiger partial charge in [-0.25, -0.2) is 4.39 Å². The Labute approximate surface area is 156 Å². The van der Waals surface area contributed by atoms with Crippen molar-refractivity contribution >= 4 is 34.9 Å². The summed E-state index contributed by atoms with van der Waals surface area (Å²) < 4.78 is 19.4. The van der Waals surface area contributed by atoms with Gasteiger partial charge in [0, 0.05) is 16.8 Å². The fraction of sp³-hybridized carbons (Fsp3) is 0.188. The van der Waals surface area contributed by atoms with Crippen LogP contribution in [0.5, 0.6) is 0 Å². The van der Waals surface area contributed by atoms with E-state index >= 15 is 0 Å². The van der Waals surface area contributed by atoms with Crippen LogP contribution < -0.4 is 15.9 Å². The summed E-state index contributed by atoms with van der Waals surface area (Å²) in [5, 5.41) is 4.52. The van der Waals surface area contributed by atoms with Crippen LogP contribution in [0.25, 0.3) is 0 Å². The van der Waals surface area contributed by atoms with Crippen LogP contribution in [0.4, 0.5) is 22.0 Å². The number of thiazole rings is 1. The molecule has 3 N–H and O–H groups in total. The van der Waals surface area contributed by atoms with E-state index in [1.165, 1.54) is 28.8 Å². The molecule has 27 heavy (non-hydrogen) atoms. The quantitative estimate of drug-likeness (QED) is 0.608. The van der Waals surface area contributed by atoms with E-state index in [-0.39, 0.29) is 41.6 Å². The molecule has 3 aromatic rings. The van der Waals surface area contributed by atoms with Gasteiger partial charge in [-0.3, -0.25) is 14.2 Å². The molecular formula is C16H15FN6O3S. The highest BCUT2D eigenvalue weighted by atomic mass is 32.1. The summed E-state index contributed by atoms with van der Waals surface area (Å²) in [4.78, 5) is 35.3. The fourth-order valence-corrected chi connectivity index (χ4v) is 2.87. The second kappa shape index (κ2) is 7.91. The minimum absolute atomic E-state index is 0.0643. The Morgan fingerprint density at radius 2 is 2.04 bits per heavy atom. The Morgan fingerprint density at radius 3 is 2.70 bits per heavy atom. The van der Waals surface area contributed by atoms with E-state index in [4.69, 9.17) is 10.5 Å². The zero-order valence-corrected chi connectivity index (χ0v) is 15.0. The van der Waals surface area contributed by atoms with E-state index in [2.05, 4.69) is 20.3 Å². The molecule has 0 saturated heterocycles. The van der Waals surface area contributed by atoms with Gasteiger partial charge in [0.15, 0.2) is 12.4 Å². The molecule has 9 nitrogen and oxygen atoms in total. The average molecular weight is 390 g/mol. The van der Waals surface area contributed by atoms with Crippen molar-refractivity contribution in [1.82, 2.24) is 19.5 Å². The van der Waals surface area contributed by atoms with Gasteiger partial charge in [0.1, 0.15) is 12.4 Å². The number of carbonyl (C=O) groups excluding carboxylic acids is 1. The van der Waals surface area contributed by atoms with Crippen LogP contribution in [0.2, 0.25) is 0 Å². The maximum atomic E-state index is 13.0. The minimum Gasteiger partial charge on any atom is -0.456 e. The minimum atomic E-state index is -0.606. The Bertz CT molecular complexity index is 1020. The van der Waals surface area contributed by atoms with E-state index in [1.54, 1.807) is 12.3 Å². The number of rotatable bonds is 6. The molecule has 0 saturated carbocycles. The first kappa shape index (κ1) is 18.5. The largest absolute Gasteiger partial charge is 0.456 e. The van der Waals surface area contributed by atoms with E-state index in [9.17, 15) is 14.0 Å². The van der Waals surface area contributed by atoms with Gasteiger partial charge in [0.05, 0.1) is 0 Å². The number of ether oxygens (including phenoxy) is 1. The number of hydrogen-bond donors (Lipinski definition) is 2. The molecule has 0 aliphatic heterocycles. The van der Waals surface area contributed by atoms with Gasteiger partial charge >= 0.3 is 10.8 Å². The van der Waals surface area contributed by atoms with Crippen LogP contribution in [0.3, 0.4) is 0 Å². The molecule has 0 spiro atoms. The highest BCUT2D eigenvalue weighted by Crippen LogP contribution is 2.14. The second-order valence-corrected chi connectivity index (χ2v) is 6.28. The first-order valence-corrected chi connectivity index (χ1v) is 8.62. The lowest BCUT2D eigenvalue weighted by Crippen LogP contribution is -2.22. The van der Waals surface area contributed by atoms with Crippen molar-refractivity contribution in [3.8, 4) is 0 Å². The number of hydrogen-bond acceptors (Lipinski definition) is 9. The van der Waals surface area contributed by atoms with Crippen molar-refractivity contribution in [3.63, 3.8) is 0 Å². The predicted molar refractivity (Wildman–Crippen MR) is 97.0 cm³/mol. The molecule has 3 rings (SSSR count). The smallest absolute Gasteiger partial charge is 0.326 e. The zero-order chi connectivity index (χ0) is 19.4. The van der Waals surface area contributed by atoms with E-state index in [1.807, 2.05) is 0 Å². The zero-order valence-electron chi connectivity index (χ0n) is 14.2. The molecule has 0 aliphatic rings. The van der Waals surface area contributed by atoms with Crippen LogP contribution in [0.15, 0.2) is 34.4 Å². The number of anilines is 3. The number of nitrogens with two attached hydrogens (primary N) is 1.